The summed E-state index contributed by atoms with van der Waals surface area (Å²) in [6.07, 6.45) is 0.982. The maximum absolute atomic E-state index is 9.84. The highest BCUT2D eigenvalue weighted by Crippen LogP contribution is 2.40. The Labute approximate surface area is 119 Å². The fourth-order valence-corrected chi connectivity index (χ4v) is 4.16. The van der Waals surface area contributed by atoms with Crippen LogP contribution in [0.2, 0.25) is 0 Å². The van der Waals surface area contributed by atoms with Crippen molar-refractivity contribution in [2.24, 2.45) is 5.41 Å². The van der Waals surface area contributed by atoms with Gasteiger partial charge in [-0.2, -0.15) is 11.8 Å². The van der Waals surface area contributed by atoms with Crippen molar-refractivity contribution in [3.8, 4) is 5.75 Å². The molecule has 1 heterocycles. The van der Waals surface area contributed by atoms with Crippen LogP contribution in [0.25, 0.3) is 0 Å². The lowest BCUT2D eigenvalue weighted by molar-refractivity contribution is 0.174. The average Bonchev–Trinajstić information content (AvgIpc) is 2.38. The van der Waals surface area contributed by atoms with E-state index in [-0.39, 0.29) is 17.6 Å². The lowest BCUT2D eigenvalue weighted by Gasteiger charge is -2.44. The summed E-state index contributed by atoms with van der Waals surface area (Å²) in [5.41, 5.74) is 1.07. The van der Waals surface area contributed by atoms with Gasteiger partial charge in [-0.15, -0.1) is 0 Å². The van der Waals surface area contributed by atoms with Gasteiger partial charge in [0.15, 0.2) is 0 Å². The number of aliphatic hydroxyl groups excluding tert-OH is 1. The van der Waals surface area contributed by atoms with Gasteiger partial charge in [-0.3, -0.25) is 0 Å². The predicted octanol–water partition coefficient (Wildman–Crippen LogP) is 3.00. The molecule has 2 rings (SSSR count). The van der Waals surface area contributed by atoms with E-state index in [0.717, 1.165) is 29.4 Å². The second-order valence-corrected chi connectivity index (χ2v) is 7.11. The Morgan fingerprint density at radius 3 is 2.47 bits per heavy atom. The molecule has 1 unspecified atom stereocenters. The lowest BCUT2D eigenvalue weighted by Crippen LogP contribution is -2.51. The molecule has 1 aliphatic heterocycles. The zero-order chi connectivity index (χ0) is 13.9. The molecule has 19 heavy (non-hydrogen) atoms. The van der Waals surface area contributed by atoms with Gasteiger partial charge in [0, 0.05) is 11.4 Å². The van der Waals surface area contributed by atoms with Crippen molar-refractivity contribution < 1.29 is 9.84 Å². The molecule has 0 spiro atoms. The molecule has 106 valence electrons. The van der Waals surface area contributed by atoms with E-state index in [4.69, 9.17) is 4.74 Å². The number of ether oxygens (including phenoxy) is 1. The van der Waals surface area contributed by atoms with Crippen LogP contribution >= 0.6 is 11.8 Å². The lowest BCUT2D eigenvalue weighted by atomic mass is 9.80. The van der Waals surface area contributed by atoms with Crippen LogP contribution < -0.4 is 10.1 Å². The molecule has 0 aliphatic carbocycles. The largest absolute Gasteiger partial charge is 0.497 e. The number of hydrogen-bond donors (Lipinski definition) is 2. The zero-order valence-corrected chi connectivity index (χ0v) is 12.7. The van der Waals surface area contributed by atoms with Crippen molar-refractivity contribution in [1.29, 1.82) is 0 Å². The first-order valence-corrected chi connectivity index (χ1v) is 7.75. The summed E-state index contributed by atoms with van der Waals surface area (Å²) in [5, 5.41) is 13.4. The van der Waals surface area contributed by atoms with Crippen LogP contribution in [0.1, 0.15) is 20.3 Å². The molecule has 1 atom stereocenters. The molecule has 4 heteroatoms. The van der Waals surface area contributed by atoms with Gasteiger partial charge in [-0.05, 0) is 41.9 Å². The fraction of sp³-hybridized carbons (Fsp3) is 0.600. The van der Waals surface area contributed by atoms with Crippen LogP contribution in [0.3, 0.4) is 0 Å². The van der Waals surface area contributed by atoms with E-state index in [0.29, 0.717) is 0 Å². The first kappa shape index (κ1) is 14.5. The Kier molecular flexibility index (Phi) is 4.31. The highest BCUT2D eigenvalue weighted by atomic mass is 32.2. The minimum absolute atomic E-state index is 0.162. The van der Waals surface area contributed by atoms with Crippen molar-refractivity contribution in [3.63, 3.8) is 0 Å². The van der Waals surface area contributed by atoms with Crippen molar-refractivity contribution in [3.05, 3.63) is 24.3 Å². The quantitative estimate of drug-likeness (QED) is 0.890. The monoisotopic (exact) mass is 281 g/mol. The average molecular weight is 281 g/mol. The first-order valence-electron chi connectivity index (χ1n) is 6.60. The second-order valence-electron chi connectivity index (χ2n) is 6.13. The molecule has 1 fully saturated rings. The number of hydrogen-bond acceptors (Lipinski definition) is 4. The number of nitrogens with one attached hydrogen (secondary N) is 1. The Morgan fingerprint density at radius 2 is 1.95 bits per heavy atom. The van der Waals surface area contributed by atoms with Crippen molar-refractivity contribution >= 4 is 17.4 Å². The molecule has 0 amide bonds. The molecule has 0 saturated carbocycles. The highest BCUT2D eigenvalue weighted by Gasteiger charge is 2.40. The maximum Gasteiger partial charge on any atom is 0.119 e. The molecular formula is C15H23NO2S. The summed E-state index contributed by atoms with van der Waals surface area (Å²) in [6.45, 7) is 4.69. The molecule has 0 bridgehead atoms. The van der Waals surface area contributed by atoms with Crippen LogP contribution in [0, 0.1) is 5.41 Å². The predicted molar refractivity (Wildman–Crippen MR) is 82.2 cm³/mol. The third-order valence-corrected chi connectivity index (χ3v) is 5.23. The summed E-state index contributed by atoms with van der Waals surface area (Å²) < 4.78 is 5.16. The number of methoxy groups -OCH3 is 1. The second kappa shape index (κ2) is 5.63. The van der Waals surface area contributed by atoms with Crippen LogP contribution in [0.4, 0.5) is 5.69 Å². The number of anilines is 1. The van der Waals surface area contributed by atoms with Gasteiger partial charge in [-0.25, -0.2) is 0 Å². The standard InChI is InChI=1S/C15H23NO2S/c1-14(2)8-15(9-17,11-19-10-14)16-12-4-6-13(18-3)7-5-12/h4-7,16-17H,8-11H2,1-3H3. The number of benzene rings is 1. The van der Waals surface area contributed by atoms with Gasteiger partial charge in [0.2, 0.25) is 0 Å². The molecular weight excluding hydrogens is 258 g/mol. The van der Waals surface area contributed by atoms with E-state index in [2.05, 4.69) is 19.2 Å². The summed E-state index contributed by atoms with van der Waals surface area (Å²) >= 11 is 1.91. The van der Waals surface area contributed by atoms with Gasteiger partial charge < -0.3 is 15.2 Å². The van der Waals surface area contributed by atoms with Gasteiger partial charge in [0.1, 0.15) is 5.75 Å². The molecule has 1 aromatic carbocycles. The molecule has 1 aliphatic rings. The summed E-state index contributed by atoms with van der Waals surface area (Å²) in [6, 6.07) is 7.88. The van der Waals surface area contributed by atoms with E-state index in [1.165, 1.54) is 0 Å². The van der Waals surface area contributed by atoms with Crippen molar-refractivity contribution in [2.75, 3.05) is 30.5 Å². The maximum atomic E-state index is 9.84. The molecule has 1 saturated heterocycles. The number of rotatable bonds is 4. The third kappa shape index (κ3) is 3.57. The molecule has 2 N–H and O–H groups in total. The molecule has 1 aromatic rings. The Hall–Kier alpha value is -0.870. The van der Waals surface area contributed by atoms with Crippen LogP contribution in [0.15, 0.2) is 24.3 Å². The summed E-state index contributed by atoms with van der Waals surface area (Å²) in [5.74, 6) is 2.94. The molecule has 0 aromatic heterocycles. The van der Waals surface area contributed by atoms with Crippen LogP contribution in [0.5, 0.6) is 5.75 Å². The van der Waals surface area contributed by atoms with Gasteiger partial charge in [-0.1, -0.05) is 13.8 Å². The zero-order valence-electron chi connectivity index (χ0n) is 11.9. The summed E-state index contributed by atoms with van der Waals surface area (Å²) in [7, 11) is 1.66. The van der Waals surface area contributed by atoms with E-state index >= 15 is 0 Å². The molecule has 0 radical (unpaired) electrons. The summed E-state index contributed by atoms with van der Waals surface area (Å²) in [4.78, 5) is 0. The van der Waals surface area contributed by atoms with E-state index < -0.39 is 0 Å². The minimum atomic E-state index is -0.221. The topological polar surface area (TPSA) is 41.5 Å². The third-order valence-electron chi connectivity index (χ3n) is 3.49. The smallest absolute Gasteiger partial charge is 0.119 e. The van der Waals surface area contributed by atoms with Gasteiger partial charge in [0.25, 0.3) is 0 Å². The highest BCUT2D eigenvalue weighted by molar-refractivity contribution is 7.99. The SMILES string of the molecule is COc1ccc(NC2(CO)CSCC(C)(C)C2)cc1. The molecule has 3 nitrogen and oxygen atoms in total. The van der Waals surface area contributed by atoms with Crippen molar-refractivity contribution in [1.82, 2.24) is 0 Å². The normalized spacial score (nSPS) is 25.9. The Balaban J connectivity index is 2.13. The first-order chi connectivity index (χ1) is 8.99. The van der Waals surface area contributed by atoms with Gasteiger partial charge >= 0.3 is 0 Å². The Bertz CT molecular complexity index is 419. The van der Waals surface area contributed by atoms with Crippen molar-refractivity contribution in [2.45, 2.75) is 25.8 Å². The van der Waals surface area contributed by atoms with E-state index in [1.807, 2.05) is 36.0 Å². The fourth-order valence-electron chi connectivity index (χ4n) is 2.74. The van der Waals surface area contributed by atoms with E-state index in [9.17, 15) is 5.11 Å². The number of thioether (sulfide) groups is 1. The van der Waals surface area contributed by atoms with Crippen LogP contribution in [-0.2, 0) is 0 Å². The Morgan fingerprint density at radius 1 is 1.26 bits per heavy atom. The van der Waals surface area contributed by atoms with Gasteiger partial charge in [0.05, 0.1) is 19.3 Å². The van der Waals surface area contributed by atoms with Crippen LogP contribution in [-0.4, -0.2) is 35.9 Å². The number of aliphatic hydroxyl groups is 1. The minimum Gasteiger partial charge on any atom is -0.497 e. The van der Waals surface area contributed by atoms with E-state index in [1.54, 1.807) is 7.11 Å².